The second-order valence-electron chi connectivity index (χ2n) is 7.96. The Kier molecular flexibility index (Phi) is 4.71. The van der Waals surface area contributed by atoms with Crippen LogP contribution >= 0.6 is 0 Å². The SMILES string of the molecule is Cc1ccc(C(C)(C)CN2CCCC2C(=O)OC(C)(C)C)o1. The van der Waals surface area contributed by atoms with Gasteiger partial charge in [0.2, 0.25) is 0 Å². The van der Waals surface area contributed by atoms with Gasteiger partial charge in [0.05, 0.1) is 0 Å². The Morgan fingerprint density at radius 3 is 2.55 bits per heavy atom. The third-order valence-corrected chi connectivity index (χ3v) is 4.05. The number of likely N-dealkylation sites (tertiary alicyclic amines) is 1. The molecule has 4 nitrogen and oxygen atoms in total. The van der Waals surface area contributed by atoms with Gasteiger partial charge in [0, 0.05) is 12.0 Å². The molecule has 0 aromatic carbocycles. The van der Waals surface area contributed by atoms with E-state index in [1.165, 1.54) is 0 Å². The fourth-order valence-electron chi connectivity index (χ4n) is 3.04. The van der Waals surface area contributed by atoms with Crippen LogP contribution in [0.15, 0.2) is 16.5 Å². The first-order valence-corrected chi connectivity index (χ1v) is 8.12. The Labute approximate surface area is 133 Å². The summed E-state index contributed by atoms with van der Waals surface area (Å²) < 4.78 is 11.4. The molecule has 0 radical (unpaired) electrons. The minimum atomic E-state index is -0.432. The van der Waals surface area contributed by atoms with Crippen LogP contribution in [0.3, 0.4) is 0 Å². The molecule has 0 saturated carbocycles. The summed E-state index contributed by atoms with van der Waals surface area (Å²) in [6.45, 7) is 13.8. The maximum Gasteiger partial charge on any atom is 0.323 e. The van der Waals surface area contributed by atoms with Gasteiger partial charge < -0.3 is 9.15 Å². The molecule has 0 aliphatic carbocycles. The molecular formula is C18H29NO3. The molecule has 1 aliphatic rings. The van der Waals surface area contributed by atoms with E-state index in [2.05, 4.69) is 18.7 Å². The normalized spacial score (nSPS) is 20.4. The van der Waals surface area contributed by atoms with Crippen LogP contribution in [-0.4, -0.2) is 35.6 Å². The summed E-state index contributed by atoms with van der Waals surface area (Å²) in [5, 5.41) is 0. The Balaban J connectivity index is 2.06. The second kappa shape index (κ2) is 6.07. The molecule has 4 heteroatoms. The Hall–Kier alpha value is -1.29. The Bertz CT molecular complexity index is 525. The maximum atomic E-state index is 12.4. The molecule has 0 amide bonds. The summed E-state index contributed by atoms with van der Waals surface area (Å²) in [7, 11) is 0. The van der Waals surface area contributed by atoms with Crippen molar-refractivity contribution in [3.05, 3.63) is 23.7 Å². The van der Waals surface area contributed by atoms with Gasteiger partial charge in [0.1, 0.15) is 23.2 Å². The van der Waals surface area contributed by atoms with E-state index in [4.69, 9.17) is 9.15 Å². The van der Waals surface area contributed by atoms with Gasteiger partial charge in [-0.25, -0.2) is 0 Å². The van der Waals surface area contributed by atoms with Crippen LogP contribution in [0.4, 0.5) is 0 Å². The largest absolute Gasteiger partial charge is 0.466 e. The lowest BCUT2D eigenvalue weighted by Crippen LogP contribution is -2.45. The van der Waals surface area contributed by atoms with Crippen LogP contribution in [0.25, 0.3) is 0 Å². The lowest BCUT2D eigenvalue weighted by Gasteiger charge is -2.32. The molecule has 1 aliphatic heterocycles. The predicted molar refractivity (Wildman–Crippen MR) is 86.9 cm³/mol. The van der Waals surface area contributed by atoms with E-state index < -0.39 is 5.60 Å². The number of ether oxygens (including phenoxy) is 1. The molecule has 1 unspecified atom stereocenters. The van der Waals surface area contributed by atoms with E-state index in [-0.39, 0.29) is 17.4 Å². The number of esters is 1. The Morgan fingerprint density at radius 1 is 1.32 bits per heavy atom. The van der Waals surface area contributed by atoms with Crippen molar-refractivity contribution >= 4 is 5.97 Å². The van der Waals surface area contributed by atoms with Crippen LogP contribution in [-0.2, 0) is 14.9 Å². The highest BCUT2D eigenvalue weighted by atomic mass is 16.6. The zero-order valence-electron chi connectivity index (χ0n) is 14.7. The predicted octanol–water partition coefficient (Wildman–Crippen LogP) is 3.67. The number of rotatable bonds is 4. The van der Waals surface area contributed by atoms with Gasteiger partial charge in [-0.15, -0.1) is 0 Å². The summed E-state index contributed by atoms with van der Waals surface area (Å²) in [6.07, 6.45) is 1.92. The van der Waals surface area contributed by atoms with E-state index in [0.29, 0.717) is 0 Å². The minimum absolute atomic E-state index is 0.101. The van der Waals surface area contributed by atoms with E-state index in [1.807, 2.05) is 39.8 Å². The van der Waals surface area contributed by atoms with Crippen LogP contribution in [0.5, 0.6) is 0 Å². The average Bonchev–Trinajstić information content (AvgIpc) is 2.95. The molecule has 124 valence electrons. The van der Waals surface area contributed by atoms with Crippen molar-refractivity contribution in [1.82, 2.24) is 4.90 Å². The summed E-state index contributed by atoms with van der Waals surface area (Å²) in [4.78, 5) is 14.7. The van der Waals surface area contributed by atoms with Gasteiger partial charge in [0.15, 0.2) is 0 Å². The van der Waals surface area contributed by atoms with Crippen molar-refractivity contribution in [3.8, 4) is 0 Å². The number of carbonyl (C=O) groups excluding carboxylic acids is 1. The van der Waals surface area contributed by atoms with E-state index in [1.54, 1.807) is 0 Å². The molecule has 2 rings (SSSR count). The highest BCUT2D eigenvalue weighted by Crippen LogP contribution is 2.30. The molecule has 0 N–H and O–H groups in total. The first-order chi connectivity index (χ1) is 10.1. The van der Waals surface area contributed by atoms with Gasteiger partial charge in [-0.2, -0.15) is 0 Å². The summed E-state index contributed by atoms with van der Waals surface area (Å²) >= 11 is 0. The molecule has 1 aromatic heterocycles. The van der Waals surface area contributed by atoms with Crippen molar-refractivity contribution < 1.29 is 13.9 Å². The molecule has 1 atom stereocenters. The third-order valence-electron chi connectivity index (χ3n) is 4.05. The molecule has 1 saturated heterocycles. The van der Waals surface area contributed by atoms with E-state index >= 15 is 0 Å². The summed E-state index contributed by atoms with van der Waals surface area (Å²) in [6, 6.07) is 3.90. The number of aryl methyl sites for hydroxylation is 1. The number of carbonyl (C=O) groups is 1. The van der Waals surface area contributed by atoms with E-state index in [0.717, 1.165) is 37.5 Å². The monoisotopic (exact) mass is 307 g/mol. The van der Waals surface area contributed by atoms with Crippen LogP contribution < -0.4 is 0 Å². The zero-order chi connectivity index (χ0) is 16.5. The van der Waals surface area contributed by atoms with E-state index in [9.17, 15) is 4.79 Å². The highest BCUT2D eigenvalue weighted by molar-refractivity contribution is 5.76. The van der Waals surface area contributed by atoms with Gasteiger partial charge in [-0.3, -0.25) is 9.69 Å². The molecule has 2 heterocycles. The Morgan fingerprint density at radius 2 is 2.00 bits per heavy atom. The molecule has 0 bridgehead atoms. The standard InChI is InChI=1S/C18H29NO3/c1-13-9-10-15(21-13)18(5,6)12-19-11-7-8-14(19)16(20)22-17(2,3)4/h9-10,14H,7-8,11-12H2,1-6H3. The number of hydrogen-bond acceptors (Lipinski definition) is 4. The number of furan rings is 1. The van der Waals surface area contributed by atoms with Gasteiger partial charge in [0.25, 0.3) is 0 Å². The highest BCUT2D eigenvalue weighted by Gasteiger charge is 2.38. The average molecular weight is 307 g/mol. The lowest BCUT2D eigenvalue weighted by molar-refractivity contribution is -0.160. The van der Waals surface area contributed by atoms with Crippen molar-refractivity contribution in [3.63, 3.8) is 0 Å². The quantitative estimate of drug-likeness (QED) is 0.796. The van der Waals surface area contributed by atoms with Gasteiger partial charge in [-0.05, 0) is 59.2 Å². The molecule has 1 fully saturated rings. The van der Waals surface area contributed by atoms with Crippen molar-refractivity contribution in [2.24, 2.45) is 0 Å². The van der Waals surface area contributed by atoms with Crippen molar-refractivity contribution in [1.29, 1.82) is 0 Å². The molecular weight excluding hydrogens is 278 g/mol. The maximum absolute atomic E-state index is 12.4. The van der Waals surface area contributed by atoms with Crippen molar-refractivity contribution in [2.45, 2.75) is 71.4 Å². The van der Waals surface area contributed by atoms with Crippen LogP contribution in [0.1, 0.15) is 59.0 Å². The number of hydrogen-bond donors (Lipinski definition) is 0. The zero-order valence-corrected chi connectivity index (χ0v) is 14.7. The lowest BCUT2D eigenvalue weighted by atomic mass is 9.89. The number of nitrogens with zero attached hydrogens (tertiary/aromatic N) is 1. The molecule has 0 spiro atoms. The van der Waals surface area contributed by atoms with Gasteiger partial charge >= 0.3 is 5.97 Å². The smallest absolute Gasteiger partial charge is 0.323 e. The first kappa shape index (κ1) is 17.1. The van der Waals surface area contributed by atoms with Crippen molar-refractivity contribution in [2.75, 3.05) is 13.1 Å². The van der Waals surface area contributed by atoms with Gasteiger partial charge in [-0.1, -0.05) is 13.8 Å². The molecule has 1 aromatic rings. The first-order valence-electron chi connectivity index (χ1n) is 8.12. The fraction of sp³-hybridized carbons (Fsp3) is 0.722. The minimum Gasteiger partial charge on any atom is -0.466 e. The second-order valence-corrected chi connectivity index (χ2v) is 7.96. The molecule has 22 heavy (non-hydrogen) atoms. The topological polar surface area (TPSA) is 42.7 Å². The van der Waals surface area contributed by atoms with Crippen LogP contribution in [0, 0.1) is 6.92 Å². The van der Waals surface area contributed by atoms with Crippen LogP contribution in [0.2, 0.25) is 0 Å². The summed E-state index contributed by atoms with van der Waals surface area (Å²) in [5.74, 6) is 1.80. The third kappa shape index (κ3) is 4.13. The summed E-state index contributed by atoms with van der Waals surface area (Å²) in [5.41, 5.74) is -0.558. The fourth-order valence-corrected chi connectivity index (χ4v) is 3.04.